The maximum atomic E-state index is 5.93. The minimum Gasteiger partial charge on any atom is -0.496 e. The molecule has 1 heterocycles. The van der Waals surface area contributed by atoms with Gasteiger partial charge < -0.3 is 15.0 Å². The fraction of sp³-hybridized carbons (Fsp3) is 0.429. The van der Waals surface area contributed by atoms with Crippen LogP contribution in [0.5, 0.6) is 5.75 Å². The molecule has 0 fully saturated rings. The van der Waals surface area contributed by atoms with Crippen molar-refractivity contribution in [1.29, 1.82) is 0 Å². The average Bonchev–Trinajstić information content (AvgIpc) is 2.75. The summed E-state index contributed by atoms with van der Waals surface area (Å²) in [5, 5.41) is 3.98. The first-order chi connectivity index (χ1) is 8.89. The van der Waals surface area contributed by atoms with E-state index in [9.17, 15) is 0 Å². The minimum atomic E-state index is -0.361. The van der Waals surface area contributed by atoms with Crippen LogP contribution in [-0.2, 0) is 6.42 Å². The predicted molar refractivity (Wildman–Crippen MR) is 73.0 cm³/mol. The molecule has 19 heavy (non-hydrogen) atoms. The van der Waals surface area contributed by atoms with Crippen molar-refractivity contribution in [2.75, 3.05) is 7.11 Å². The van der Waals surface area contributed by atoms with Crippen LogP contribution in [0.15, 0.2) is 22.7 Å². The van der Waals surface area contributed by atoms with Crippen molar-refractivity contribution in [2.24, 2.45) is 5.73 Å². The van der Waals surface area contributed by atoms with E-state index in [1.165, 1.54) is 0 Å². The number of aromatic nitrogens is 2. The first-order valence-electron chi connectivity index (χ1n) is 6.15. The summed E-state index contributed by atoms with van der Waals surface area (Å²) in [6.45, 7) is 5.83. The monoisotopic (exact) mass is 261 g/mol. The number of ether oxygens (including phenoxy) is 1. The van der Waals surface area contributed by atoms with Crippen LogP contribution in [0.2, 0.25) is 0 Å². The minimum absolute atomic E-state index is 0.361. The van der Waals surface area contributed by atoms with Crippen molar-refractivity contribution >= 4 is 0 Å². The molecule has 0 saturated heterocycles. The Kier molecular flexibility index (Phi) is 3.57. The summed E-state index contributed by atoms with van der Waals surface area (Å²) in [6, 6.07) is 5.78. The van der Waals surface area contributed by atoms with Gasteiger partial charge in [0.05, 0.1) is 7.11 Å². The van der Waals surface area contributed by atoms with E-state index in [-0.39, 0.29) is 5.54 Å². The molecule has 0 spiro atoms. The molecule has 102 valence electrons. The van der Waals surface area contributed by atoms with Gasteiger partial charge in [-0.1, -0.05) is 5.16 Å². The number of benzene rings is 1. The summed E-state index contributed by atoms with van der Waals surface area (Å²) >= 11 is 0. The summed E-state index contributed by atoms with van der Waals surface area (Å²) in [6.07, 6.45) is 0.551. The number of hydrogen-bond donors (Lipinski definition) is 1. The third-order valence-corrected chi connectivity index (χ3v) is 2.73. The van der Waals surface area contributed by atoms with E-state index in [2.05, 4.69) is 10.1 Å². The van der Waals surface area contributed by atoms with Gasteiger partial charge >= 0.3 is 0 Å². The average molecular weight is 261 g/mol. The molecule has 0 atom stereocenters. The summed E-state index contributed by atoms with van der Waals surface area (Å²) in [5.74, 6) is 1.97. The zero-order valence-corrected chi connectivity index (χ0v) is 11.7. The van der Waals surface area contributed by atoms with Crippen LogP contribution < -0.4 is 10.5 Å². The number of hydrogen-bond acceptors (Lipinski definition) is 5. The van der Waals surface area contributed by atoms with Gasteiger partial charge in [-0.15, -0.1) is 0 Å². The highest BCUT2D eigenvalue weighted by molar-refractivity contribution is 5.58. The second-order valence-corrected chi connectivity index (χ2v) is 5.36. The van der Waals surface area contributed by atoms with Crippen LogP contribution in [0.4, 0.5) is 0 Å². The van der Waals surface area contributed by atoms with Crippen molar-refractivity contribution in [3.63, 3.8) is 0 Å². The largest absolute Gasteiger partial charge is 0.496 e. The van der Waals surface area contributed by atoms with E-state index >= 15 is 0 Å². The predicted octanol–water partition coefficient (Wildman–Crippen LogP) is 2.33. The van der Waals surface area contributed by atoms with Crippen LogP contribution in [-0.4, -0.2) is 22.8 Å². The molecule has 0 amide bonds. The molecule has 2 N–H and O–H groups in total. The Balaban J connectivity index is 2.25. The quantitative estimate of drug-likeness (QED) is 0.914. The highest BCUT2D eigenvalue weighted by Gasteiger charge is 2.17. The molecule has 5 nitrogen and oxygen atoms in total. The summed E-state index contributed by atoms with van der Waals surface area (Å²) < 4.78 is 10.4. The molecule has 1 aromatic carbocycles. The van der Waals surface area contributed by atoms with Crippen LogP contribution in [0.3, 0.4) is 0 Å². The molecule has 0 radical (unpaired) electrons. The van der Waals surface area contributed by atoms with E-state index in [1.54, 1.807) is 7.11 Å². The Labute approximate surface area is 112 Å². The Morgan fingerprint density at radius 3 is 2.68 bits per heavy atom. The lowest BCUT2D eigenvalue weighted by atomic mass is 10.0. The molecule has 0 aliphatic heterocycles. The molecule has 0 bridgehead atoms. The second-order valence-electron chi connectivity index (χ2n) is 5.36. The smallest absolute Gasteiger partial charge is 0.228 e. The zero-order chi connectivity index (χ0) is 14.0. The van der Waals surface area contributed by atoms with Crippen LogP contribution >= 0.6 is 0 Å². The number of aryl methyl sites for hydroxylation is 1. The normalized spacial score (nSPS) is 11.6. The molecule has 5 heteroatoms. The van der Waals surface area contributed by atoms with Gasteiger partial charge in [0.2, 0.25) is 11.7 Å². The van der Waals surface area contributed by atoms with Gasteiger partial charge in [0.15, 0.2) is 0 Å². The van der Waals surface area contributed by atoms with Gasteiger partial charge in [0.25, 0.3) is 0 Å². The molecule has 0 aliphatic rings. The number of methoxy groups -OCH3 is 1. The van der Waals surface area contributed by atoms with Crippen LogP contribution in [0, 0.1) is 6.92 Å². The van der Waals surface area contributed by atoms with Crippen molar-refractivity contribution in [1.82, 2.24) is 10.1 Å². The van der Waals surface area contributed by atoms with Gasteiger partial charge in [0, 0.05) is 17.5 Å². The van der Waals surface area contributed by atoms with Gasteiger partial charge in [-0.3, -0.25) is 0 Å². The number of rotatable bonds is 4. The molecule has 2 rings (SSSR count). The van der Waals surface area contributed by atoms with Crippen molar-refractivity contribution in [3.8, 4) is 17.1 Å². The third-order valence-electron chi connectivity index (χ3n) is 2.73. The summed E-state index contributed by atoms with van der Waals surface area (Å²) in [7, 11) is 1.65. The maximum Gasteiger partial charge on any atom is 0.228 e. The lowest BCUT2D eigenvalue weighted by Crippen LogP contribution is -2.34. The topological polar surface area (TPSA) is 74.2 Å². The van der Waals surface area contributed by atoms with Gasteiger partial charge in [-0.2, -0.15) is 4.98 Å². The molecule has 0 aliphatic carbocycles. The third kappa shape index (κ3) is 3.32. The van der Waals surface area contributed by atoms with Gasteiger partial charge in [-0.25, -0.2) is 0 Å². The lowest BCUT2D eigenvalue weighted by molar-refractivity contribution is 0.348. The SMILES string of the molecule is COc1ccc(-c2noc(CC(C)(C)N)n2)cc1C. The summed E-state index contributed by atoms with van der Waals surface area (Å²) in [4.78, 5) is 4.36. The highest BCUT2D eigenvalue weighted by Crippen LogP contribution is 2.24. The van der Waals surface area contributed by atoms with E-state index < -0.39 is 0 Å². The Morgan fingerprint density at radius 1 is 1.37 bits per heavy atom. The lowest BCUT2D eigenvalue weighted by Gasteiger charge is -2.14. The van der Waals surface area contributed by atoms with Crippen LogP contribution in [0.25, 0.3) is 11.4 Å². The summed E-state index contributed by atoms with van der Waals surface area (Å²) in [5.41, 5.74) is 7.51. The first-order valence-corrected chi connectivity index (χ1v) is 6.15. The van der Waals surface area contributed by atoms with E-state index in [0.29, 0.717) is 18.1 Å². The molecular weight excluding hydrogens is 242 g/mol. The second kappa shape index (κ2) is 5.01. The number of nitrogens with two attached hydrogens (primary N) is 1. The van der Waals surface area contributed by atoms with Crippen molar-refractivity contribution < 1.29 is 9.26 Å². The molecular formula is C14H19N3O2. The van der Waals surface area contributed by atoms with Crippen LogP contribution in [0.1, 0.15) is 25.3 Å². The zero-order valence-electron chi connectivity index (χ0n) is 11.7. The molecule has 1 aromatic heterocycles. The molecule has 0 saturated carbocycles. The maximum absolute atomic E-state index is 5.93. The molecule has 2 aromatic rings. The Bertz CT molecular complexity index is 570. The van der Waals surface area contributed by atoms with Gasteiger partial charge in [-0.05, 0) is 44.5 Å². The fourth-order valence-electron chi connectivity index (χ4n) is 1.85. The molecule has 0 unspecified atom stereocenters. The Hall–Kier alpha value is -1.88. The highest BCUT2D eigenvalue weighted by atomic mass is 16.5. The van der Waals surface area contributed by atoms with Crippen molar-refractivity contribution in [2.45, 2.75) is 32.7 Å². The fourth-order valence-corrected chi connectivity index (χ4v) is 1.85. The standard InChI is InChI=1S/C14H19N3O2/c1-9-7-10(5-6-11(9)18-4)13-16-12(19-17-13)8-14(2,3)15/h5-7H,8,15H2,1-4H3. The Morgan fingerprint density at radius 2 is 2.11 bits per heavy atom. The van der Waals surface area contributed by atoms with Gasteiger partial charge in [0.1, 0.15) is 5.75 Å². The first kappa shape index (κ1) is 13.5. The number of nitrogens with zero attached hydrogens (tertiary/aromatic N) is 2. The van der Waals surface area contributed by atoms with E-state index in [1.807, 2.05) is 39.0 Å². The van der Waals surface area contributed by atoms with E-state index in [0.717, 1.165) is 16.9 Å². The van der Waals surface area contributed by atoms with E-state index in [4.69, 9.17) is 15.0 Å². The van der Waals surface area contributed by atoms with Crippen molar-refractivity contribution in [3.05, 3.63) is 29.7 Å².